The Morgan fingerprint density at radius 1 is 1.00 bits per heavy atom. The molecule has 0 fully saturated rings. The van der Waals surface area contributed by atoms with Crippen LogP contribution in [0.3, 0.4) is 0 Å². The van der Waals surface area contributed by atoms with Crippen LogP contribution in [-0.4, -0.2) is 31.6 Å². The number of phenols is 2. The van der Waals surface area contributed by atoms with Gasteiger partial charge in [0.1, 0.15) is 0 Å². The van der Waals surface area contributed by atoms with Gasteiger partial charge in [0.05, 0.1) is 10.6 Å². The normalized spacial score (nSPS) is 11.8. The molecule has 3 rings (SSSR count). The number of phenolic OH excluding ortho intramolecular Hbond substituents is 2. The van der Waals surface area contributed by atoms with Gasteiger partial charge in [0, 0.05) is 23.9 Å². The van der Waals surface area contributed by atoms with Crippen molar-refractivity contribution < 1.29 is 23.4 Å². The molecule has 3 aromatic carbocycles. The Hall–Kier alpha value is -3.36. The average molecular weight is 398 g/mol. The first-order valence-electron chi connectivity index (χ1n) is 8.21. The molecule has 0 aliphatic heterocycles. The zero-order valence-corrected chi connectivity index (χ0v) is 15.7. The van der Waals surface area contributed by atoms with E-state index in [1.807, 2.05) is 0 Å². The van der Waals surface area contributed by atoms with Crippen molar-refractivity contribution in [2.75, 3.05) is 11.9 Å². The maximum atomic E-state index is 12.6. The summed E-state index contributed by atoms with van der Waals surface area (Å²) in [5.74, 6) is -0.893. The highest BCUT2D eigenvalue weighted by atomic mass is 32.2. The molecule has 0 unspecified atom stereocenters. The predicted octanol–water partition coefficient (Wildman–Crippen LogP) is 2.57. The van der Waals surface area contributed by atoms with Crippen molar-refractivity contribution in [3.63, 3.8) is 0 Å². The van der Waals surface area contributed by atoms with Gasteiger partial charge in [-0.05, 0) is 35.9 Å². The molecule has 8 heteroatoms. The third kappa shape index (κ3) is 3.83. The molecule has 0 heterocycles. The standard InChI is InChI=1S/C20H18N2O5S/c1-22(20(25)11-9-13-8-10-17(23)18(24)12-13)16-6-2-5-15-14(16)4-3-7-19(15)28(21,26)27/h2-12,23-24H,1H3,(H2,21,26,27)/b11-9+. The van der Waals surface area contributed by atoms with E-state index in [2.05, 4.69) is 0 Å². The summed E-state index contributed by atoms with van der Waals surface area (Å²) in [6.45, 7) is 0. The Kier molecular flexibility index (Phi) is 5.08. The van der Waals surface area contributed by atoms with Crippen molar-refractivity contribution in [2.24, 2.45) is 5.14 Å². The lowest BCUT2D eigenvalue weighted by Gasteiger charge is -2.18. The van der Waals surface area contributed by atoms with Crippen molar-refractivity contribution >= 4 is 38.5 Å². The molecule has 0 bridgehead atoms. The number of nitrogens with two attached hydrogens (primary N) is 1. The topological polar surface area (TPSA) is 121 Å². The maximum absolute atomic E-state index is 12.6. The molecule has 7 nitrogen and oxygen atoms in total. The zero-order valence-electron chi connectivity index (χ0n) is 14.9. The largest absolute Gasteiger partial charge is 0.504 e. The lowest BCUT2D eigenvalue weighted by atomic mass is 10.1. The molecule has 3 aromatic rings. The van der Waals surface area contributed by atoms with Crippen molar-refractivity contribution in [2.45, 2.75) is 4.90 Å². The molecule has 0 radical (unpaired) electrons. The van der Waals surface area contributed by atoms with Crippen LogP contribution < -0.4 is 10.0 Å². The first-order chi connectivity index (χ1) is 13.2. The molecule has 0 saturated carbocycles. The number of aromatic hydroxyl groups is 2. The Bertz CT molecular complexity index is 1200. The molecule has 0 spiro atoms. The highest BCUT2D eigenvalue weighted by molar-refractivity contribution is 7.89. The van der Waals surface area contributed by atoms with E-state index in [-0.39, 0.29) is 22.3 Å². The van der Waals surface area contributed by atoms with Gasteiger partial charge in [-0.15, -0.1) is 0 Å². The van der Waals surface area contributed by atoms with Crippen molar-refractivity contribution in [1.29, 1.82) is 0 Å². The van der Waals surface area contributed by atoms with Gasteiger partial charge >= 0.3 is 0 Å². The summed E-state index contributed by atoms with van der Waals surface area (Å²) < 4.78 is 23.6. The van der Waals surface area contributed by atoms with Gasteiger partial charge in [-0.2, -0.15) is 0 Å². The monoisotopic (exact) mass is 398 g/mol. The minimum atomic E-state index is -3.91. The maximum Gasteiger partial charge on any atom is 0.250 e. The number of carbonyl (C=O) groups excluding carboxylic acids is 1. The molecule has 0 aliphatic rings. The van der Waals surface area contributed by atoms with Crippen LogP contribution in [0.1, 0.15) is 5.56 Å². The molecular weight excluding hydrogens is 380 g/mol. The van der Waals surface area contributed by atoms with Gasteiger partial charge in [-0.25, -0.2) is 13.6 Å². The number of benzene rings is 3. The molecule has 144 valence electrons. The number of nitrogens with zero attached hydrogens (tertiary/aromatic N) is 1. The van der Waals surface area contributed by atoms with Crippen LogP contribution in [0.5, 0.6) is 11.5 Å². The fourth-order valence-corrected chi connectivity index (χ4v) is 3.60. The summed E-state index contributed by atoms with van der Waals surface area (Å²) in [4.78, 5) is 13.9. The summed E-state index contributed by atoms with van der Waals surface area (Å²) >= 11 is 0. The van der Waals surface area contributed by atoms with E-state index in [9.17, 15) is 23.4 Å². The van der Waals surface area contributed by atoms with Gasteiger partial charge in [-0.3, -0.25) is 4.79 Å². The average Bonchev–Trinajstić information content (AvgIpc) is 2.66. The molecular formula is C20H18N2O5S. The number of anilines is 1. The van der Waals surface area contributed by atoms with E-state index in [1.54, 1.807) is 43.4 Å². The van der Waals surface area contributed by atoms with E-state index in [4.69, 9.17) is 5.14 Å². The first-order valence-corrected chi connectivity index (χ1v) is 9.75. The van der Waals surface area contributed by atoms with Crippen molar-refractivity contribution in [1.82, 2.24) is 0 Å². The number of hydrogen-bond donors (Lipinski definition) is 3. The number of carbonyl (C=O) groups is 1. The van der Waals surface area contributed by atoms with Crippen molar-refractivity contribution in [3.8, 4) is 11.5 Å². The number of rotatable bonds is 4. The molecule has 0 aliphatic carbocycles. The SMILES string of the molecule is CN(C(=O)/C=C/c1ccc(O)c(O)c1)c1cccc2c(S(N)(=O)=O)cccc12. The summed E-state index contributed by atoms with van der Waals surface area (Å²) in [6, 6.07) is 13.9. The Morgan fingerprint density at radius 3 is 2.36 bits per heavy atom. The first kappa shape index (κ1) is 19.4. The fraction of sp³-hybridized carbons (Fsp3) is 0.0500. The second-order valence-corrected chi connectivity index (χ2v) is 7.68. The summed E-state index contributed by atoms with van der Waals surface area (Å²) in [7, 11) is -2.34. The minimum absolute atomic E-state index is 0.0113. The molecule has 4 N–H and O–H groups in total. The summed E-state index contributed by atoms with van der Waals surface area (Å²) in [6.07, 6.45) is 2.81. The van der Waals surface area contributed by atoms with Crippen LogP contribution in [0.25, 0.3) is 16.8 Å². The lowest BCUT2D eigenvalue weighted by molar-refractivity contribution is -0.113. The smallest absolute Gasteiger partial charge is 0.250 e. The number of sulfonamides is 1. The van der Waals surface area contributed by atoms with Crippen LogP contribution in [0, 0.1) is 0 Å². The Balaban J connectivity index is 1.97. The number of likely N-dealkylation sites (N-methyl/N-ethyl adjacent to an activating group) is 1. The van der Waals surface area contributed by atoms with E-state index in [0.717, 1.165) is 0 Å². The fourth-order valence-electron chi connectivity index (χ4n) is 2.85. The lowest BCUT2D eigenvalue weighted by Crippen LogP contribution is -2.24. The third-order valence-corrected chi connectivity index (χ3v) is 5.24. The van der Waals surface area contributed by atoms with Gasteiger partial charge in [0.15, 0.2) is 11.5 Å². The second-order valence-electron chi connectivity index (χ2n) is 6.15. The predicted molar refractivity (Wildman–Crippen MR) is 108 cm³/mol. The summed E-state index contributed by atoms with van der Waals surface area (Å²) in [5.41, 5.74) is 1.05. The van der Waals surface area contributed by atoms with Crippen LogP contribution in [0.2, 0.25) is 0 Å². The van der Waals surface area contributed by atoms with Gasteiger partial charge in [0.2, 0.25) is 10.0 Å². The molecule has 0 atom stereocenters. The van der Waals surface area contributed by atoms with Gasteiger partial charge in [0.25, 0.3) is 5.91 Å². The van der Waals surface area contributed by atoms with Crippen LogP contribution in [0.15, 0.2) is 65.6 Å². The Morgan fingerprint density at radius 2 is 1.68 bits per heavy atom. The van der Waals surface area contributed by atoms with Crippen LogP contribution in [-0.2, 0) is 14.8 Å². The second kappa shape index (κ2) is 7.34. The zero-order chi connectivity index (χ0) is 20.5. The van der Waals surface area contributed by atoms with Gasteiger partial charge in [-0.1, -0.05) is 30.3 Å². The van der Waals surface area contributed by atoms with Crippen LogP contribution >= 0.6 is 0 Å². The minimum Gasteiger partial charge on any atom is -0.504 e. The number of amides is 1. The number of primary sulfonamides is 1. The van der Waals surface area contributed by atoms with E-state index >= 15 is 0 Å². The number of fused-ring (bicyclic) bond motifs is 1. The van der Waals surface area contributed by atoms with E-state index in [0.29, 0.717) is 22.0 Å². The van der Waals surface area contributed by atoms with Gasteiger partial charge < -0.3 is 15.1 Å². The number of hydrogen-bond acceptors (Lipinski definition) is 5. The third-order valence-electron chi connectivity index (χ3n) is 4.28. The van der Waals surface area contributed by atoms with E-state index < -0.39 is 10.0 Å². The quantitative estimate of drug-likeness (QED) is 0.461. The highest BCUT2D eigenvalue weighted by Crippen LogP contribution is 2.30. The molecule has 0 saturated heterocycles. The van der Waals surface area contributed by atoms with Crippen LogP contribution in [0.4, 0.5) is 5.69 Å². The molecule has 0 aromatic heterocycles. The van der Waals surface area contributed by atoms with E-state index in [1.165, 1.54) is 35.3 Å². The molecule has 1 amide bonds. The molecule has 28 heavy (non-hydrogen) atoms. The Labute approximate surface area is 162 Å². The summed E-state index contributed by atoms with van der Waals surface area (Å²) in [5, 5.41) is 25.1. The highest BCUT2D eigenvalue weighted by Gasteiger charge is 2.16. The van der Waals surface area contributed by atoms with Crippen molar-refractivity contribution in [3.05, 3.63) is 66.2 Å².